The summed E-state index contributed by atoms with van der Waals surface area (Å²) in [5.74, 6) is 2.40. The van der Waals surface area contributed by atoms with Crippen LogP contribution in [-0.4, -0.2) is 48.4 Å². The fraction of sp³-hybridized carbons (Fsp3) is 0.444. The molecule has 3 aromatic rings. The number of rotatable bonds is 4. The van der Waals surface area contributed by atoms with Gasteiger partial charge in [0, 0.05) is 43.3 Å². The van der Waals surface area contributed by atoms with Gasteiger partial charge in [0.2, 0.25) is 0 Å². The van der Waals surface area contributed by atoms with Gasteiger partial charge in [-0.3, -0.25) is 9.48 Å². The summed E-state index contributed by atoms with van der Waals surface area (Å²) < 4.78 is 3.92. The first-order chi connectivity index (χ1) is 12.6. The number of likely N-dealkylation sites (tertiary alicyclic amines) is 1. The van der Waals surface area contributed by atoms with Crippen LogP contribution in [0.5, 0.6) is 0 Å². The predicted octanol–water partition coefficient (Wildman–Crippen LogP) is 2.45. The molecule has 0 aliphatic carbocycles. The lowest BCUT2D eigenvalue weighted by atomic mass is 9.96. The van der Waals surface area contributed by atoms with Crippen molar-refractivity contribution >= 4 is 17.2 Å². The molecule has 26 heavy (non-hydrogen) atoms. The highest BCUT2D eigenvalue weighted by molar-refractivity contribution is 7.13. The van der Waals surface area contributed by atoms with E-state index in [1.807, 2.05) is 47.9 Å². The average Bonchev–Trinajstić information content (AvgIpc) is 3.38. The quantitative estimate of drug-likeness (QED) is 0.707. The number of piperidine rings is 1. The van der Waals surface area contributed by atoms with Gasteiger partial charge in [-0.25, -0.2) is 0 Å². The van der Waals surface area contributed by atoms with Crippen molar-refractivity contribution in [2.24, 2.45) is 7.05 Å². The zero-order valence-electron chi connectivity index (χ0n) is 15.0. The van der Waals surface area contributed by atoms with Gasteiger partial charge in [-0.15, -0.1) is 21.5 Å². The molecule has 7 nitrogen and oxygen atoms in total. The van der Waals surface area contributed by atoms with E-state index < -0.39 is 0 Å². The maximum atomic E-state index is 12.6. The summed E-state index contributed by atoms with van der Waals surface area (Å²) in [7, 11) is 2.01. The number of amides is 1. The normalized spacial score (nSPS) is 15.5. The van der Waals surface area contributed by atoms with Crippen LogP contribution in [0.25, 0.3) is 0 Å². The Balaban J connectivity index is 1.40. The largest absolute Gasteiger partial charge is 0.338 e. The number of nitrogens with zero attached hydrogens (tertiary/aromatic N) is 6. The van der Waals surface area contributed by atoms with Crippen molar-refractivity contribution in [1.82, 2.24) is 29.4 Å². The fourth-order valence-corrected chi connectivity index (χ4v) is 4.29. The van der Waals surface area contributed by atoms with Crippen LogP contribution in [-0.2, 0) is 13.6 Å². The van der Waals surface area contributed by atoms with Crippen LogP contribution < -0.4 is 0 Å². The van der Waals surface area contributed by atoms with Gasteiger partial charge in [0.1, 0.15) is 12.4 Å². The molecule has 0 unspecified atom stereocenters. The van der Waals surface area contributed by atoms with Gasteiger partial charge >= 0.3 is 0 Å². The molecule has 0 aromatic carbocycles. The molecule has 1 aliphatic heterocycles. The van der Waals surface area contributed by atoms with E-state index in [2.05, 4.69) is 19.9 Å². The van der Waals surface area contributed by atoms with Gasteiger partial charge in [-0.1, -0.05) is 0 Å². The number of hydrogen-bond acceptors (Lipinski definition) is 5. The van der Waals surface area contributed by atoms with E-state index in [-0.39, 0.29) is 5.91 Å². The number of aromatic nitrogens is 5. The molecule has 0 atom stereocenters. The number of carbonyl (C=O) groups excluding carboxylic acids is 1. The molecule has 1 aliphatic rings. The molecule has 0 radical (unpaired) electrons. The standard InChI is InChI=1S/C18H22N6OS/c1-13-4-5-15(26-13)18(25)23-10-6-14(7-11-23)17-21-20-16(22(17)2)12-24-9-3-8-19-24/h3-5,8-9,14H,6-7,10-12H2,1-2H3. The Labute approximate surface area is 156 Å². The molecule has 0 saturated carbocycles. The lowest BCUT2D eigenvalue weighted by molar-refractivity contribution is 0.0715. The van der Waals surface area contributed by atoms with E-state index in [9.17, 15) is 4.79 Å². The molecule has 0 bridgehead atoms. The molecule has 1 amide bonds. The van der Waals surface area contributed by atoms with Crippen molar-refractivity contribution < 1.29 is 4.79 Å². The van der Waals surface area contributed by atoms with E-state index >= 15 is 0 Å². The third-order valence-corrected chi connectivity index (χ3v) is 5.95. The van der Waals surface area contributed by atoms with E-state index in [1.54, 1.807) is 17.5 Å². The van der Waals surface area contributed by atoms with Crippen LogP contribution in [0.15, 0.2) is 30.6 Å². The lowest BCUT2D eigenvalue weighted by Gasteiger charge is -2.31. The Morgan fingerprint density at radius 1 is 1.27 bits per heavy atom. The van der Waals surface area contributed by atoms with Gasteiger partial charge in [-0.2, -0.15) is 5.10 Å². The van der Waals surface area contributed by atoms with Crippen molar-refractivity contribution in [3.63, 3.8) is 0 Å². The fourth-order valence-electron chi connectivity index (χ4n) is 3.45. The Bertz CT molecular complexity index is 889. The van der Waals surface area contributed by atoms with E-state index in [0.717, 1.165) is 42.5 Å². The second kappa shape index (κ2) is 7.03. The number of hydrogen-bond donors (Lipinski definition) is 0. The lowest BCUT2D eigenvalue weighted by Crippen LogP contribution is -2.38. The molecule has 1 fully saturated rings. The minimum atomic E-state index is 0.152. The monoisotopic (exact) mass is 370 g/mol. The summed E-state index contributed by atoms with van der Waals surface area (Å²) in [6.07, 6.45) is 5.53. The topological polar surface area (TPSA) is 68.8 Å². The molecule has 0 spiro atoms. The molecular weight excluding hydrogens is 348 g/mol. The van der Waals surface area contributed by atoms with E-state index in [1.165, 1.54) is 4.88 Å². The zero-order valence-corrected chi connectivity index (χ0v) is 15.8. The highest BCUT2D eigenvalue weighted by atomic mass is 32.1. The number of carbonyl (C=O) groups is 1. The van der Waals surface area contributed by atoms with Crippen LogP contribution >= 0.6 is 11.3 Å². The zero-order chi connectivity index (χ0) is 18.1. The van der Waals surface area contributed by atoms with Gasteiger partial charge in [-0.05, 0) is 38.0 Å². The molecule has 1 saturated heterocycles. The molecule has 4 rings (SSSR count). The first-order valence-corrected chi connectivity index (χ1v) is 9.65. The number of thiophene rings is 1. The third kappa shape index (κ3) is 3.29. The van der Waals surface area contributed by atoms with Crippen LogP contribution in [0.4, 0.5) is 0 Å². The Kier molecular flexibility index (Phi) is 4.58. The molecule has 3 aromatic heterocycles. The summed E-state index contributed by atoms with van der Waals surface area (Å²) in [6, 6.07) is 5.84. The smallest absolute Gasteiger partial charge is 0.263 e. The van der Waals surface area contributed by atoms with E-state index in [4.69, 9.17) is 0 Å². The van der Waals surface area contributed by atoms with Gasteiger partial charge in [0.15, 0.2) is 5.82 Å². The Morgan fingerprint density at radius 2 is 2.08 bits per heavy atom. The summed E-state index contributed by atoms with van der Waals surface area (Å²) in [4.78, 5) is 16.6. The Morgan fingerprint density at radius 3 is 2.73 bits per heavy atom. The summed E-state index contributed by atoms with van der Waals surface area (Å²) in [5, 5.41) is 13.0. The highest BCUT2D eigenvalue weighted by Crippen LogP contribution is 2.28. The minimum Gasteiger partial charge on any atom is -0.338 e. The van der Waals surface area contributed by atoms with Crippen LogP contribution in [0.2, 0.25) is 0 Å². The average molecular weight is 370 g/mol. The van der Waals surface area contributed by atoms with Crippen molar-refractivity contribution in [3.05, 3.63) is 52.0 Å². The highest BCUT2D eigenvalue weighted by Gasteiger charge is 2.28. The van der Waals surface area contributed by atoms with Gasteiger partial charge < -0.3 is 9.47 Å². The van der Waals surface area contributed by atoms with Gasteiger partial charge in [0.05, 0.1) is 4.88 Å². The SMILES string of the molecule is Cc1ccc(C(=O)N2CCC(c3nnc(Cn4cccn4)n3C)CC2)s1. The van der Waals surface area contributed by atoms with Crippen LogP contribution in [0.3, 0.4) is 0 Å². The Hall–Kier alpha value is -2.48. The van der Waals surface area contributed by atoms with Crippen molar-refractivity contribution in [3.8, 4) is 0 Å². The molecule has 4 heterocycles. The second-order valence-corrected chi connectivity index (χ2v) is 8.00. The number of aryl methyl sites for hydroxylation is 1. The maximum Gasteiger partial charge on any atom is 0.263 e. The summed E-state index contributed by atoms with van der Waals surface area (Å²) >= 11 is 1.57. The summed E-state index contributed by atoms with van der Waals surface area (Å²) in [6.45, 7) is 4.18. The van der Waals surface area contributed by atoms with Gasteiger partial charge in [0.25, 0.3) is 5.91 Å². The first kappa shape index (κ1) is 17.0. The maximum absolute atomic E-state index is 12.6. The predicted molar refractivity (Wildman–Crippen MR) is 99.3 cm³/mol. The first-order valence-electron chi connectivity index (χ1n) is 8.83. The van der Waals surface area contributed by atoms with Crippen molar-refractivity contribution in [1.29, 1.82) is 0 Å². The molecule has 8 heteroatoms. The van der Waals surface area contributed by atoms with Crippen LogP contribution in [0, 0.1) is 6.92 Å². The van der Waals surface area contributed by atoms with Crippen LogP contribution in [0.1, 0.15) is 45.0 Å². The van der Waals surface area contributed by atoms with E-state index in [0.29, 0.717) is 12.5 Å². The summed E-state index contributed by atoms with van der Waals surface area (Å²) in [5.41, 5.74) is 0. The van der Waals surface area contributed by atoms with Crippen molar-refractivity contribution in [2.45, 2.75) is 32.2 Å². The molecule has 0 N–H and O–H groups in total. The third-order valence-electron chi connectivity index (χ3n) is 4.96. The molecule has 136 valence electrons. The van der Waals surface area contributed by atoms with Crippen molar-refractivity contribution in [2.75, 3.05) is 13.1 Å². The minimum absolute atomic E-state index is 0.152. The molecular formula is C18H22N6OS. The second-order valence-electron chi connectivity index (χ2n) is 6.71.